The number of benzene rings is 1. The normalized spacial score (nSPS) is 11.0. The molecule has 0 aliphatic carbocycles. The number of aromatic nitrogens is 3. The van der Waals surface area contributed by atoms with Crippen molar-refractivity contribution < 1.29 is 4.39 Å². The molecule has 1 aromatic carbocycles. The van der Waals surface area contributed by atoms with E-state index in [1.54, 1.807) is 24.5 Å². The molecule has 0 spiro atoms. The second-order valence-corrected chi connectivity index (χ2v) is 5.12. The highest BCUT2D eigenvalue weighted by molar-refractivity contribution is 6.33. The van der Waals surface area contributed by atoms with Gasteiger partial charge in [-0.1, -0.05) is 17.7 Å². The van der Waals surface area contributed by atoms with Crippen LogP contribution in [0.3, 0.4) is 0 Å². The Morgan fingerprint density at radius 1 is 1.20 bits per heavy atom. The van der Waals surface area contributed by atoms with Gasteiger partial charge in [0.05, 0.1) is 5.02 Å². The lowest BCUT2D eigenvalue weighted by molar-refractivity contribution is 0.631. The number of aryl methyl sites for hydroxylation is 2. The lowest BCUT2D eigenvalue weighted by Crippen LogP contribution is -1.89. The Morgan fingerprint density at radius 2 is 2.00 bits per heavy atom. The van der Waals surface area contributed by atoms with Gasteiger partial charge < -0.3 is 9.97 Å². The van der Waals surface area contributed by atoms with Crippen LogP contribution in [0.5, 0.6) is 0 Å². The van der Waals surface area contributed by atoms with Crippen LogP contribution in [0.1, 0.15) is 11.4 Å². The van der Waals surface area contributed by atoms with Crippen LogP contribution in [0.15, 0.2) is 30.6 Å². The Hall–Kier alpha value is -2.07. The molecule has 20 heavy (non-hydrogen) atoms. The molecule has 102 valence electrons. The molecule has 0 aliphatic heterocycles. The van der Waals surface area contributed by atoms with E-state index >= 15 is 0 Å². The number of nitrogens with one attached hydrogen (secondary N) is 2. The maximum absolute atomic E-state index is 14.1. The van der Waals surface area contributed by atoms with E-state index in [0.717, 1.165) is 17.0 Å². The molecule has 0 saturated carbocycles. The molecular weight excluding hydrogens is 277 g/mol. The highest BCUT2D eigenvalue weighted by Crippen LogP contribution is 2.38. The van der Waals surface area contributed by atoms with Crippen molar-refractivity contribution in [2.24, 2.45) is 0 Å². The number of rotatable bonds is 2. The highest BCUT2D eigenvalue weighted by Gasteiger charge is 2.19. The average molecular weight is 290 g/mol. The van der Waals surface area contributed by atoms with Gasteiger partial charge in [-0.15, -0.1) is 0 Å². The van der Waals surface area contributed by atoms with Gasteiger partial charge in [0.15, 0.2) is 0 Å². The monoisotopic (exact) mass is 289 g/mol. The molecule has 3 nitrogen and oxygen atoms in total. The number of halogens is 2. The van der Waals surface area contributed by atoms with Gasteiger partial charge in [-0.25, -0.2) is 9.37 Å². The van der Waals surface area contributed by atoms with Crippen LogP contribution in [0, 0.1) is 19.7 Å². The van der Waals surface area contributed by atoms with Crippen LogP contribution >= 0.6 is 11.6 Å². The topological polar surface area (TPSA) is 44.5 Å². The van der Waals surface area contributed by atoms with Crippen LogP contribution in [0.25, 0.3) is 22.5 Å². The molecule has 3 aromatic rings. The lowest BCUT2D eigenvalue weighted by atomic mass is 10.0. The molecule has 0 unspecified atom stereocenters. The average Bonchev–Trinajstić information content (AvgIpc) is 2.96. The van der Waals surface area contributed by atoms with Crippen molar-refractivity contribution in [1.82, 2.24) is 15.0 Å². The minimum atomic E-state index is -0.346. The highest BCUT2D eigenvalue weighted by atomic mass is 35.5. The first-order chi connectivity index (χ1) is 9.58. The van der Waals surface area contributed by atoms with E-state index in [4.69, 9.17) is 11.6 Å². The predicted molar refractivity (Wildman–Crippen MR) is 78.3 cm³/mol. The number of imidazole rings is 1. The summed E-state index contributed by atoms with van der Waals surface area (Å²) < 4.78 is 14.1. The van der Waals surface area contributed by atoms with Gasteiger partial charge in [-0.05, 0) is 26.0 Å². The number of hydrogen-bond acceptors (Lipinski definition) is 1. The van der Waals surface area contributed by atoms with Crippen molar-refractivity contribution in [1.29, 1.82) is 0 Å². The van der Waals surface area contributed by atoms with Crippen molar-refractivity contribution in [2.75, 3.05) is 0 Å². The predicted octanol–water partition coefficient (Wildman–Crippen LogP) is 4.48. The zero-order chi connectivity index (χ0) is 14.3. The van der Waals surface area contributed by atoms with E-state index in [1.165, 1.54) is 6.07 Å². The summed E-state index contributed by atoms with van der Waals surface area (Å²) in [7, 11) is 0. The summed E-state index contributed by atoms with van der Waals surface area (Å²) in [5.74, 6) is 0.358. The van der Waals surface area contributed by atoms with Crippen LogP contribution in [-0.2, 0) is 0 Å². The van der Waals surface area contributed by atoms with Gasteiger partial charge in [0.2, 0.25) is 0 Å². The summed E-state index contributed by atoms with van der Waals surface area (Å²) in [6.07, 6.45) is 3.50. The molecule has 0 aliphatic rings. The van der Waals surface area contributed by atoms with Gasteiger partial charge in [-0.2, -0.15) is 0 Å². The molecule has 0 bridgehead atoms. The smallest absolute Gasteiger partial charge is 0.139 e. The molecule has 0 saturated heterocycles. The van der Waals surface area contributed by atoms with Gasteiger partial charge in [0.25, 0.3) is 0 Å². The second-order valence-electron chi connectivity index (χ2n) is 4.71. The van der Waals surface area contributed by atoms with E-state index in [-0.39, 0.29) is 5.82 Å². The molecule has 3 rings (SSSR count). The number of nitrogens with zero attached hydrogens (tertiary/aromatic N) is 1. The first-order valence-electron chi connectivity index (χ1n) is 6.22. The molecular formula is C15H13ClFN3. The second kappa shape index (κ2) is 4.80. The first kappa shape index (κ1) is 12.9. The third kappa shape index (κ3) is 2.02. The summed E-state index contributed by atoms with van der Waals surface area (Å²) in [6, 6.07) is 4.68. The van der Waals surface area contributed by atoms with E-state index in [2.05, 4.69) is 15.0 Å². The van der Waals surface area contributed by atoms with Gasteiger partial charge in [-0.3, -0.25) is 0 Å². The fourth-order valence-electron chi connectivity index (χ4n) is 2.32. The number of H-pyrrole nitrogens is 2. The largest absolute Gasteiger partial charge is 0.364 e. The van der Waals surface area contributed by atoms with E-state index in [1.807, 2.05) is 13.8 Å². The minimum absolute atomic E-state index is 0.346. The lowest BCUT2D eigenvalue weighted by Gasteiger charge is -2.07. The Morgan fingerprint density at radius 3 is 2.65 bits per heavy atom. The Bertz CT molecular complexity index is 753. The zero-order valence-corrected chi connectivity index (χ0v) is 11.8. The Balaban J connectivity index is 2.26. The summed E-state index contributed by atoms with van der Waals surface area (Å²) in [6.45, 7) is 3.85. The molecule has 5 heteroatoms. The van der Waals surface area contributed by atoms with Crippen LogP contribution in [0.4, 0.5) is 4.39 Å². The first-order valence-corrected chi connectivity index (χ1v) is 6.60. The van der Waals surface area contributed by atoms with Gasteiger partial charge >= 0.3 is 0 Å². The molecule has 0 atom stereocenters. The zero-order valence-electron chi connectivity index (χ0n) is 11.1. The van der Waals surface area contributed by atoms with Gasteiger partial charge in [0, 0.05) is 40.5 Å². The van der Waals surface area contributed by atoms with E-state index < -0.39 is 0 Å². The van der Waals surface area contributed by atoms with Crippen LogP contribution < -0.4 is 0 Å². The molecule has 2 heterocycles. The molecule has 0 radical (unpaired) electrons. The molecule has 2 aromatic heterocycles. The van der Waals surface area contributed by atoms with Crippen molar-refractivity contribution in [2.45, 2.75) is 13.8 Å². The maximum Gasteiger partial charge on any atom is 0.139 e. The minimum Gasteiger partial charge on any atom is -0.364 e. The fourth-order valence-corrected chi connectivity index (χ4v) is 2.59. The fraction of sp³-hybridized carbons (Fsp3) is 0.133. The van der Waals surface area contributed by atoms with Crippen molar-refractivity contribution in [3.8, 4) is 22.5 Å². The molecule has 0 amide bonds. The molecule has 2 N–H and O–H groups in total. The van der Waals surface area contributed by atoms with E-state index in [9.17, 15) is 4.39 Å². The van der Waals surface area contributed by atoms with Crippen LogP contribution in [0.2, 0.25) is 5.02 Å². The Kier molecular flexibility index (Phi) is 3.10. The number of aromatic amines is 2. The third-order valence-electron chi connectivity index (χ3n) is 3.25. The van der Waals surface area contributed by atoms with E-state index in [0.29, 0.717) is 22.0 Å². The van der Waals surface area contributed by atoms with Gasteiger partial charge in [0.1, 0.15) is 11.6 Å². The molecule has 0 fully saturated rings. The number of hydrogen-bond donors (Lipinski definition) is 2. The maximum atomic E-state index is 14.1. The SMILES string of the molecule is Cc1cnc(-c2c(-c3c(F)cccc3Cl)c[nH]c2C)[nH]1. The van der Waals surface area contributed by atoms with Crippen molar-refractivity contribution in [3.05, 3.63) is 52.8 Å². The standard InChI is InChI=1S/C15H13ClFN3/c1-8-6-19-15(20-8)13-9(2)18-7-10(13)14-11(16)4-3-5-12(14)17/h3-7,18H,1-2H3,(H,19,20). The summed E-state index contributed by atoms with van der Waals surface area (Å²) in [5.41, 5.74) is 3.80. The van der Waals surface area contributed by atoms with Crippen LogP contribution in [-0.4, -0.2) is 15.0 Å². The summed E-state index contributed by atoms with van der Waals surface area (Å²) in [4.78, 5) is 10.6. The Labute approximate surface area is 120 Å². The summed E-state index contributed by atoms with van der Waals surface area (Å²) >= 11 is 6.15. The third-order valence-corrected chi connectivity index (χ3v) is 3.56. The van der Waals surface area contributed by atoms with Crippen molar-refractivity contribution in [3.63, 3.8) is 0 Å². The van der Waals surface area contributed by atoms with Crippen molar-refractivity contribution >= 4 is 11.6 Å². The quantitative estimate of drug-likeness (QED) is 0.718. The summed E-state index contributed by atoms with van der Waals surface area (Å²) in [5, 5.41) is 0.383.